The Morgan fingerprint density at radius 2 is 2.31 bits per heavy atom. The summed E-state index contributed by atoms with van der Waals surface area (Å²) < 4.78 is 1.60. The molecular weight excluding hydrogens is 228 g/mol. The molecule has 0 aliphatic heterocycles. The smallest absolute Gasteiger partial charge is 0.129 e. The summed E-state index contributed by atoms with van der Waals surface area (Å²) in [6, 6.07) is 3.40. The number of hydrogen-bond acceptors (Lipinski definition) is 4. The van der Waals surface area contributed by atoms with Gasteiger partial charge in [-0.25, -0.2) is 4.98 Å². The van der Waals surface area contributed by atoms with Gasteiger partial charge in [0.25, 0.3) is 0 Å². The van der Waals surface area contributed by atoms with Crippen molar-refractivity contribution >= 4 is 11.6 Å². The summed E-state index contributed by atoms with van der Waals surface area (Å²) in [5.41, 5.74) is 1.46. The lowest BCUT2D eigenvalue weighted by Crippen LogP contribution is -2.02. The highest BCUT2D eigenvalue weighted by molar-refractivity contribution is 6.29. The van der Waals surface area contributed by atoms with Gasteiger partial charge in [0.15, 0.2) is 0 Å². The van der Waals surface area contributed by atoms with Gasteiger partial charge < -0.3 is 5.11 Å². The molecule has 0 bridgehead atoms. The lowest BCUT2D eigenvalue weighted by molar-refractivity contribution is 0.177. The highest BCUT2D eigenvalue weighted by Crippen LogP contribution is 2.17. The molecule has 84 valence electrons. The summed E-state index contributed by atoms with van der Waals surface area (Å²) >= 11 is 5.66. The van der Waals surface area contributed by atoms with Gasteiger partial charge in [0.05, 0.1) is 11.8 Å². The number of aliphatic hydroxyl groups excluding tert-OH is 1. The van der Waals surface area contributed by atoms with Crippen molar-refractivity contribution in [3.8, 4) is 0 Å². The van der Waals surface area contributed by atoms with E-state index in [0.717, 1.165) is 11.3 Å². The number of pyridine rings is 1. The number of halogens is 1. The van der Waals surface area contributed by atoms with E-state index in [1.807, 2.05) is 0 Å². The van der Waals surface area contributed by atoms with Crippen molar-refractivity contribution in [1.82, 2.24) is 20.0 Å². The first-order valence-corrected chi connectivity index (χ1v) is 5.17. The van der Waals surface area contributed by atoms with Crippen molar-refractivity contribution in [2.45, 2.75) is 12.5 Å². The molecule has 5 nitrogen and oxygen atoms in total. The van der Waals surface area contributed by atoms with Crippen LogP contribution >= 0.6 is 11.6 Å². The highest BCUT2D eigenvalue weighted by atomic mass is 35.5. The van der Waals surface area contributed by atoms with Crippen molar-refractivity contribution in [3.63, 3.8) is 0 Å². The molecule has 2 heterocycles. The maximum Gasteiger partial charge on any atom is 0.129 e. The molecule has 0 aliphatic rings. The molecule has 0 saturated heterocycles. The summed E-state index contributed by atoms with van der Waals surface area (Å²) in [7, 11) is 1.78. The predicted molar refractivity (Wildman–Crippen MR) is 58.9 cm³/mol. The van der Waals surface area contributed by atoms with Crippen LogP contribution in [0.25, 0.3) is 0 Å². The molecule has 0 fully saturated rings. The molecule has 0 spiro atoms. The zero-order valence-electron chi connectivity index (χ0n) is 8.71. The summed E-state index contributed by atoms with van der Waals surface area (Å²) in [5.74, 6) is 0. The van der Waals surface area contributed by atoms with Crippen LogP contribution in [0.1, 0.15) is 17.4 Å². The van der Waals surface area contributed by atoms with E-state index in [2.05, 4.69) is 15.3 Å². The molecule has 1 unspecified atom stereocenters. The van der Waals surface area contributed by atoms with Crippen molar-refractivity contribution < 1.29 is 5.11 Å². The van der Waals surface area contributed by atoms with Crippen molar-refractivity contribution in [2.75, 3.05) is 0 Å². The van der Waals surface area contributed by atoms with Crippen LogP contribution in [0.3, 0.4) is 0 Å². The van der Waals surface area contributed by atoms with Gasteiger partial charge in [-0.15, -0.1) is 5.10 Å². The zero-order chi connectivity index (χ0) is 11.5. The Bertz CT molecular complexity index is 468. The van der Waals surface area contributed by atoms with Gasteiger partial charge in [0.2, 0.25) is 0 Å². The second-order valence-corrected chi connectivity index (χ2v) is 3.90. The lowest BCUT2D eigenvalue weighted by atomic mass is 10.1. The molecular formula is C10H11ClN4O. The van der Waals surface area contributed by atoms with Crippen LogP contribution in [0, 0.1) is 0 Å². The molecule has 0 aliphatic carbocycles. The van der Waals surface area contributed by atoms with E-state index in [1.165, 1.54) is 0 Å². The van der Waals surface area contributed by atoms with Gasteiger partial charge in [0.1, 0.15) is 5.15 Å². The van der Waals surface area contributed by atoms with Crippen molar-refractivity contribution in [3.05, 3.63) is 40.9 Å². The average molecular weight is 239 g/mol. The van der Waals surface area contributed by atoms with Gasteiger partial charge >= 0.3 is 0 Å². The van der Waals surface area contributed by atoms with Gasteiger partial charge in [-0.2, -0.15) is 0 Å². The van der Waals surface area contributed by atoms with E-state index in [-0.39, 0.29) is 0 Å². The van der Waals surface area contributed by atoms with E-state index in [4.69, 9.17) is 11.6 Å². The standard InChI is InChI=1S/C10H11ClN4O/c1-15-6-8(13-14-15)4-9(16)7-2-3-10(11)12-5-7/h2-3,5-6,9,16H,4H2,1H3. The van der Waals surface area contributed by atoms with Crippen molar-refractivity contribution in [2.24, 2.45) is 7.05 Å². The molecule has 6 heteroatoms. The van der Waals surface area contributed by atoms with Gasteiger partial charge in [-0.3, -0.25) is 4.68 Å². The van der Waals surface area contributed by atoms with Gasteiger partial charge in [-0.1, -0.05) is 22.9 Å². The summed E-state index contributed by atoms with van der Waals surface area (Å²) in [5, 5.41) is 18.0. The minimum absolute atomic E-state index is 0.412. The second-order valence-electron chi connectivity index (χ2n) is 3.52. The van der Waals surface area contributed by atoms with E-state index in [0.29, 0.717) is 11.6 Å². The first-order valence-electron chi connectivity index (χ1n) is 4.80. The molecule has 16 heavy (non-hydrogen) atoms. The Morgan fingerprint density at radius 3 is 2.88 bits per heavy atom. The molecule has 1 atom stereocenters. The topological polar surface area (TPSA) is 63.8 Å². The molecule has 1 N–H and O–H groups in total. The van der Waals surface area contributed by atoms with Crippen LogP contribution in [0.5, 0.6) is 0 Å². The van der Waals surface area contributed by atoms with Crippen LogP contribution < -0.4 is 0 Å². The molecule has 2 rings (SSSR count). The van der Waals surface area contributed by atoms with E-state index >= 15 is 0 Å². The first kappa shape index (κ1) is 11.0. The largest absolute Gasteiger partial charge is 0.388 e. The Balaban J connectivity index is 2.08. The number of nitrogens with zero attached hydrogens (tertiary/aromatic N) is 4. The monoisotopic (exact) mass is 238 g/mol. The van der Waals surface area contributed by atoms with Gasteiger partial charge in [0, 0.05) is 25.9 Å². The van der Waals surface area contributed by atoms with E-state index in [9.17, 15) is 5.11 Å². The van der Waals surface area contributed by atoms with Gasteiger partial charge in [-0.05, 0) is 11.6 Å². The molecule has 0 amide bonds. The Kier molecular flexibility index (Phi) is 3.17. The highest BCUT2D eigenvalue weighted by Gasteiger charge is 2.11. The Hall–Kier alpha value is -1.46. The lowest BCUT2D eigenvalue weighted by Gasteiger charge is -2.07. The minimum atomic E-state index is -0.638. The summed E-state index contributed by atoms with van der Waals surface area (Å²) in [6.45, 7) is 0. The zero-order valence-corrected chi connectivity index (χ0v) is 9.46. The fourth-order valence-corrected chi connectivity index (χ4v) is 1.50. The van der Waals surface area contributed by atoms with Crippen LogP contribution in [0.2, 0.25) is 5.15 Å². The third kappa shape index (κ3) is 2.56. The molecule has 2 aromatic rings. The third-order valence-corrected chi connectivity index (χ3v) is 2.41. The van der Waals surface area contributed by atoms with Crippen LogP contribution in [0.15, 0.2) is 24.5 Å². The number of rotatable bonds is 3. The van der Waals surface area contributed by atoms with Crippen LogP contribution in [-0.4, -0.2) is 25.1 Å². The SMILES string of the molecule is Cn1cc(CC(O)c2ccc(Cl)nc2)nn1. The van der Waals surface area contributed by atoms with E-state index in [1.54, 1.807) is 36.3 Å². The molecule has 0 saturated carbocycles. The quantitative estimate of drug-likeness (QED) is 0.815. The predicted octanol–water partition coefficient (Wildman–Crippen LogP) is 1.14. The van der Waals surface area contributed by atoms with Crippen LogP contribution in [-0.2, 0) is 13.5 Å². The maximum atomic E-state index is 9.91. The van der Waals surface area contributed by atoms with Crippen LogP contribution in [0.4, 0.5) is 0 Å². The summed E-state index contributed by atoms with van der Waals surface area (Å²) in [6.07, 6.45) is 3.11. The Labute approximate surface area is 97.7 Å². The second kappa shape index (κ2) is 4.59. The number of aromatic nitrogens is 4. The fraction of sp³-hybridized carbons (Fsp3) is 0.300. The first-order chi connectivity index (χ1) is 7.65. The summed E-state index contributed by atoms with van der Waals surface area (Å²) in [4.78, 5) is 3.91. The number of hydrogen-bond donors (Lipinski definition) is 1. The third-order valence-electron chi connectivity index (χ3n) is 2.19. The fourth-order valence-electron chi connectivity index (χ4n) is 1.39. The average Bonchev–Trinajstić information content (AvgIpc) is 2.65. The molecule has 2 aromatic heterocycles. The Morgan fingerprint density at radius 1 is 1.50 bits per heavy atom. The van der Waals surface area contributed by atoms with Crippen molar-refractivity contribution in [1.29, 1.82) is 0 Å². The number of aliphatic hydroxyl groups is 1. The number of aryl methyl sites for hydroxylation is 1. The normalized spacial score (nSPS) is 12.7. The van der Waals surface area contributed by atoms with E-state index < -0.39 is 6.10 Å². The molecule has 0 radical (unpaired) electrons. The molecule has 0 aromatic carbocycles. The minimum Gasteiger partial charge on any atom is -0.388 e. The maximum absolute atomic E-state index is 9.91.